The second-order valence-corrected chi connectivity index (χ2v) is 2.57. The van der Waals surface area contributed by atoms with Gasteiger partial charge in [-0.05, 0) is 6.92 Å². The third kappa shape index (κ3) is 1.18. The van der Waals surface area contributed by atoms with Gasteiger partial charge in [0.1, 0.15) is 0 Å². The summed E-state index contributed by atoms with van der Waals surface area (Å²) in [6, 6.07) is 1.33. The van der Waals surface area contributed by atoms with Crippen LogP contribution in [0.1, 0.15) is 5.69 Å². The Hall–Kier alpha value is -0.840. The molecule has 0 amide bonds. The molecule has 1 aromatic rings. The number of aryl methyl sites for hydroxylation is 1. The van der Waals surface area contributed by atoms with Crippen molar-refractivity contribution in [2.24, 2.45) is 0 Å². The van der Waals surface area contributed by atoms with Gasteiger partial charge in [0.2, 0.25) is 0 Å². The zero-order chi connectivity index (χ0) is 7.72. The smallest absolute Gasteiger partial charge is 0.273 e. The summed E-state index contributed by atoms with van der Waals surface area (Å²) in [5.74, 6) is 0. The summed E-state index contributed by atoms with van der Waals surface area (Å²) in [6.07, 6.45) is 0. The number of hydrogen-bond donors (Lipinski definition) is 1. The van der Waals surface area contributed by atoms with E-state index in [4.69, 9.17) is 0 Å². The van der Waals surface area contributed by atoms with Crippen LogP contribution in [0.3, 0.4) is 0 Å². The lowest BCUT2D eigenvalue weighted by Crippen LogP contribution is -2.26. The van der Waals surface area contributed by atoms with E-state index in [2.05, 4.69) is 21.1 Å². The van der Waals surface area contributed by atoms with Crippen molar-refractivity contribution in [3.05, 3.63) is 32.6 Å². The summed E-state index contributed by atoms with van der Waals surface area (Å²) in [6.45, 7) is 1.66. The lowest BCUT2D eigenvalue weighted by atomic mass is 10.5. The molecule has 4 nitrogen and oxygen atoms in total. The van der Waals surface area contributed by atoms with E-state index >= 15 is 0 Å². The molecule has 0 radical (unpaired) electrons. The molecular weight excluding hydrogens is 200 g/mol. The molecule has 0 saturated carbocycles. The lowest BCUT2D eigenvalue weighted by Gasteiger charge is -1.95. The van der Waals surface area contributed by atoms with Gasteiger partial charge < -0.3 is 0 Å². The van der Waals surface area contributed by atoms with Gasteiger partial charge in [0, 0.05) is 11.8 Å². The number of nitrogens with zero attached hydrogens (tertiary/aromatic N) is 1. The van der Waals surface area contributed by atoms with E-state index in [0.29, 0.717) is 5.69 Å². The van der Waals surface area contributed by atoms with Crippen molar-refractivity contribution < 1.29 is 0 Å². The minimum atomic E-state index is -0.454. The highest BCUT2D eigenvalue weighted by atomic mass is 79.9. The summed E-state index contributed by atoms with van der Waals surface area (Å²) in [7, 11) is 0. The fraction of sp³-hybridized carbons (Fsp3) is 0.200. The van der Waals surface area contributed by atoms with E-state index in [9.17, 15) is 9.59 Å². The highest BCUT2D eigenvalue weighted by Crippen LogP contribution is 1.90. The Morgan fingerprint density at radius 1 is 1.60 bits per heavy atom. The molecule has 0 aromatic carbocycles. The Morgan fingerprint density at radius 3 is 2.70 bits per heavy atom. The van der Waals surface area contributed by atoms with Crippen LogP contribution >= 0.6 is 16.1 Å². The monoisotopic (exact) mass is 204 g/mol. The second kappa shape index (κ2) is 2.42. The van der Waals surface area contributed by atoms with Crippen LogP contribution in [0.4, 0.5) is 0 Å². The molecule has 0 bridgehead atoms. The third-order valence-electron chi connectivity index (χ3n) is 1.06. The van der Waals surface area contributed by atoms with Crippen LogP contribution in [0.15, 0.2) is 15.7 Å². The lowest BCUT2D eigenvalue weighted by molar-refractivity contribution is 0.959. The predicted molar refractivity (Wildman–Crippen MR) is 40.4 cm³/mol. The third-order valence-corrected chi connectivity index (χ3v) is 1.94. The maximum Gasteiger partial charge on any atom is 0.338 e. The number of H-pyrrole nitrogens is 1. The van der Waals surface area contributed by atoms with E-state index in [1.165, 1.54) is 9.66 Å². The Balaban J connectivity index is 3.62. The molecule has 1 aromatic heterocycles. The summed E-state index contributed by atoms with van der Waals surface area (Å²) in [4.78, 5) is 23.4. The molecule has 0 fully saturated rings. The van der Waals surface area contributed by atoms with Crippen LogP contribution < -0.4 is 11.2 Å². The van der Waals surface area contributed by atoms with E-state index in [0.717, 1.165) is 0 Å². The van der Waals surface area contributed by atoms with Gasteiger partial charge in [0.15, 0.2) is 0 Å². The molecule has 0 atom stereocenters. The number of halogens is 1. The van der Waals surface area contributed by atoms with Crippen molar-refractivity contribution >= 4 is 16.1 Å². The van der Waals surface area contributed by atoms with Gasteiger partial charge >= 0.3 is 5.69 Å². The fourth-order valence-electron chi connectivity index (χ4n) is 0.597. The molecule has 54 valence electrons. The molecule has 1 N–H and O–H groups in total. The Morgan fingerprint density at radius 2 is 2.20 bits per heavy atom. The standard InChI is InChI=1S/C5H5BrN2O2/c1-3-2-4(9)7-5(10)8(3)6/h2H,1H3,(H,7,9,10). The van der Waals surface area contributed by atoms with Gasteiger partial charge in [-0.2, -0.15) is 0 Å². The minimum absolute atomic E-state index is 0.377. The van der Waals surface area contributed by atoms with Gasteiger partial charge in [-0.3, -0.25) is 9.78 Å². The summed E-state index contributed by atoms with van der Waals surface area (Å²) in [5.41, 5.74) is -0.253. The summed E-state index contributed by atoms with van der Waals surface area (Å²) in [5, 5.41) is 0. The number of rotatable bonds is 0. The molecule has 10 heavy (non-hydrogen) atoms. The van der Waals surface area contributed by atoms with Crippen molar-refractivity contribution in [2.75, 3.05) is 0 Å². The number of aromatic amines is 1. The van der Waals surface area contributed by atoms with Crippen molar-refractivity contribution in [3.8, 4) is 0 Å². The highest BCUT2D eigenvalue weighted by Gasteiger charge is 1.95. The summed E-state index contributed by atoms with van der Waals surface area (Å²) < 4.78 is 1.19. The van der Waals surface area contributed by atoms with Gasteiger partial charge in [-0.15, -0.1) is 0 Å². The molecule has 0 saturated heterocycles. The predicted octanol–water partition coefficient (Wildman–Crippen LogP) is 0.00302. The molecule has 0 aliphatic carbocycles. The van der Waals surface area contributed by atoms with Crippen molar-refractivity contribution in [2.45, 2.75) is 6.92 Å². The Labute approximate surface area is 64.8 Å². The van der Waals surface area contributed by atoms with E-state index in [1.54, 1.807) is 6.92 Å². The van der Waals surface area contributed by atoms with Gasteiger partial charge in [-0.25, -0.2) is 8.39 Å². The molecule has 0 spiro atoms. The second-order valence-electron chi connectivity index (χ2n) is 1.86. The Bertz CT molecular complexity index is 351. The normalized spacial score (nSPS) is 9.80. The zero-order valence-electron chi connectivity index (χ0n) is 5.22. The molecule has 0 aliphatic rings. The van der Waals surface area contributed by atoms with Crippen molar-refractivity contribution in [3.63, 3.8) is 0 Å². The zero-order valence-corrected chi connectivity index (χ0v) is 6.81. The highest BCUT2D eigenvalue weighted by molar-refractivity contribution is 9.08. The van der Waals surface area contributed by atoms with Gasteiger partial charge in [0.25, 0.3) is 5.56 Å². The van der Waals surface area contributed by atoms with Crippen LogP contribution in [0.2, 0.25) is 0 Å². The van der Waals surface area contributed by atoms with Crippen LogP contribution in [-0.4, -0.2) is 8.58 Å². The number of nitrogens with one attached hydrogen (secondary N) is 1. The average Bonchev–Trinajstić information content (AvgIpc) is 1.82. The number of hydrogen-bond acceptors (Lipinski definition) is 2. The van der Waals surface area contributed by atoms with E-state index < -0.39 is 5.69 Å². The summed E-state index contributed by atoms with van der Waals surface area (Å²) >= 11 is 2.95. The molecule has 1 rings (SSSR count). The van der Waals surface area contributed by atoms with Crippen molar-refractivity contribution in [1.82, 2.24) is 8.58 Å². The first kappa shape index (κ1) is 7.27. The Kier molecular flexibility index (Phi) is 1.76. The van der Waals surface area contributed by atoms with E-state index in [1.807, 2.05) is 0 Å². The molecule has 0 aliphatic heterocycles. The maximum atomic E-state index is 10.7. The van der Waals surface area contributed by atoms with Crippen molar-refractivity contribution in [1.29, 1.82) is 0 Å². The van der Waals surface area contributed by atoms with Crippen LogP contribution in [0.25, 0.3) is 0 Å². The first-order valence-electron chi connectivity index (χ1n) is 2.60. The molecule has 0 unspecified atom stereocenters. The van der Waals surface area contributed by atoms with Gasteiger partial charge in [-0.1, -0.05) is 0 Å². The van der Waals surface area contributed by atoms with Crippen LogP contribution in [0, 0.1) is 6.92 Å². The SMILES string of the molecule is Cc1cc(=O)[nH]c(=O)n1Br. The van der Waals surface area contributed by atoms with Crippen LogP contribution in [-0.2, 0) is 0 Å². The van der Waals surface area contributed by atoms with Gasteiger partial charge in [0.05, 0.1) is 16.1 Å². The quantitative estimate of drug-likeness (QED) is 0.648. The molecule has 5 heteroatoms. The number of aromatic nitrogens is 2. The maximum absolute atomic E-state index is 10.7. The topological polar surface area (TPSA) is 54.9 Å². The fourth-order valence-corrected chi connectivity index (χ4v) is 0.788. The molecule has 1 heterocycles. The first-order chi connectivity index (χ1) is 4.61. The largest absolute Gasteiger partial charge is 0.338 e. The molecular formula is C5H5BrN2O2. The van der Waals surface area contributed by atoms with Crippen LogP contribution in [0.5, 0.6) is 0 Å². The average molecular weight is 205 g/mol. The minimum Gasteiger partial charge on any atom is -0.273 e. The van der Waals surface area contributed by atoms with E-state index in [-0.39, 0.29) is 5.56 Å². The first-order valence-corrected chi connectivity index (χ1v) is 3.31.